The van der Waals surface area contributed by atoms with Gasteiger partial charge in [0.2, 0.25) is 5.91 Å². The molecule has 0 aromatic heterocycles. The number of thioether (sulfide) groups is 1. The van der Waals surface area contributed by atoms with Gasteiger partial charge in [-0.05, 0) is 18.8 Å². The Morgan fingerprint density at radius 3 is 2.88 bits per heavy atom. The molecule has 0 radical (unpaired) electrons. The fourth-order valence-corrected chi connectivity index (χ4v) is 4.10. The van der Waals surface area contributed by atoms with Crippen molar-refractivity contribution in [3.8, 4) is 0 Å². The second-order valence-electron chi connectivity index (χ2n) is 4.76. The Labute approximate surface area is 105 Å². The van der Waals surface area contributed by atoms with Crippen LogP contribution in [0.2, 0.25) is 0 Å². The number of fused-ring (bicyclic) bond motifs is 1. The molecule has 2 fully saturated rings. The van der Waals surface area contributed by atoms with Crippen molar-refractivity contribution in [1.82, 2.24) is 4.90 Å². The molecule has 0 spiro atoms. The first-order chi connectivity index (χ1) is 8.04. The number of methoxy groups -OCH3 is 1. The molecular formula is C11H18N2O3S. The number of carbonyl (C=O) groups excluding carboxylic acids is 2. The number of hydrogen-bond acceptors (Lipinski definition) is 5. The predicted molar refractivity (Wildman–Crippen MR) is 65.3 cm³/mol. The lowest BCUT2D eigenvalue weighted by Gasteiger charge is -2.27. The summed E-state index contributed by atoms with van der Waals surface area (Å²) >= 11 is 1.65. The summed E-state index contributed by atoms with van der Waals surface area (Å²) in [6.45, 7) is 2.10. The standard InChI is InChI=1S/C11H18N2O3S/c1-6-3-7(12)10(14)13-8(11(15)16-2)5-17-9(13)4-6/h6-9H,3-5,12H2,1-2H3/t6-,7?,8?,9?/m1/s1. The van der Waals surface area contributed by atoms with E-state index in [1.54, 1.807) is 16.7 Å². The molecule has 2 aliphatic rings. The van der Waals surface area contributed by atoms with Crippen molar-refractivity contribution < 1.29 is 14.3 Å². The third-order valence-electron chi connectivity index (χ3n) is 3.40. The lowest BCUT2D eigenvalue weighted by molar-refractivity contribution is -0.151. The molecule has 2 rings (SSSR count). The monoisotopic (exact) mass is 258 g/mol. The third kappa shape index (κ3) is 2.28. The van der Waals surface area contributed by atoms with Gasteiger partial charge in [0.25, 0.3) is 0 Å². The minimum absolute atomic E-state index is 0.0788. The molecule has 2 N–H and O–H groups in total. The van der Waals surface area contributed by atoms with E-state index in [1.807, 2.05) is 0 Å². The second kappa shape index (κ2) is 4.86. The van der Waals surface area contributed by atoms with E-state index in [0.717, 1.165) is 6.42 Å². The second-order valence-corrected chi connectivity index (χ2v) is 5.97. The Bertz CT molecular complexity index is 337. The van der Waals surface area contributed by atoms with Crippen LogP contribution in [-0.2, 0) is 14.3 Å². The normalized spacial score (nSPS) is 37.6. The van der Waals surface area contributed by atoms with Gasteiger partial charge in [0.15, 0.2) is 0 Å². The SMILES string of the molecule is COC(=O)C1CSC2C[C@H](C)CC(N)C(=O)N21. The van der Waals surface area contributed by atoms with Crippen molar-refractivity contribution in [2.75, 3.05) is 12.9 Å². The molecule has 2 heterocycles. The summed E-state index contributed by atoms with van der Waals surface area (Å²) in [5.41, 5.74) is 5.88. The van der Waals surface area contributed by atoms with Gasteiger partial charge < -0.3 is 15.4 Å². The molecule has 17 heavy (non-hydrogen) atoms. The molecule has 6 heteroatoms. The fourth-order valence-electron chi connectivity index (χ4n) is 2.52. The molecule has 0 aromatic carbocycles. The first-order valence-electron chi connectivity index (χ1n) is 5.81. The molecule has 1 amide bonds. The van der Waals surface area contributed by atoms with Crippen molar-refractivity contribution in [2.45, 2.75) is 37.2 Å². The predicted octanol–water partition coefficient (Wildman–Crippen LogP) is 0.187. The molecule has 0 aromatic rings. The average Bonchev–Trinajstić information content (AvgIpc) is 2.65. The van der Waals surface area contributed by atoms with Crippen molar-refractivity contribution in [1.29, 1.82) is 0 Å². The largest absolute Gasteiger partial charge is 0.467 e. The van der Waals surface area contributed by atoms with Gasteiger partial charge in [0.05, 0.1) is 18.5 Å². The maximum absolute atomic E-state index is 12.2. The highest BCUT2D eigenvalue weighted by molar-refractivity contribution is 8.00. The van der Waals surface area contributed by atoms with E-state index in [2.05, 4.69) is 6.92 Å². The van der Waals surface area contributed by atoms with Crippen molar-refractivity contribution in [3.05, 3.63) is 0 Å². The molecule has 5 nitrogen and oxygen atoms in total. The van der Waals surface area contributed by atoms with Gasteiger partial charge in [-0.3, -0.25) is 4.79 Å². The molecule has 2 aliphatic heterocycles. The number of esters is 1. The first-order valence-corrected chi connectivity index (χ1v) is 6.86. The maximum atomic E-state index is 12.2. The molecule has 0 aliphatic carbocycles. The number of hydrogen-bond donors (Lipinski definition) is 1. The molecule has 96 valence electrons. The summed E-state index contributed by atoms with van der Waals surface area (Å²) in [4.78, 5) is 25.5. The quantitative estimate of drug-likeness (QED) is 0.680. The van der Waals surface area contributed by atoms with E-state index in [1.165, 1.54) is 7.11 Å². The fraction of sp³-hybridized carbons (Fsp3) is 0.818. The molecule has 3 unspecified atom stereocenters. The number of rotatable bonds is 1. The first kappa shape index (κ1) is 12.7. The van der Waals surface area contributed by atoms with Crippen LogP contribution < -0.4 is 5.73 Å². The maximum Gasteiger partial charge on any atom is 0.329 e. The minimum Gasteiger partial charge on any atom is -0.467 e. The summed E-state index contributed by atoms with van der Waals surface area (Å²) in [5.74, 6) is 0.574. The number of nitrogens with zero attached hydrogens (tertiary/aromatic N) is 1. The van der Waals surface area contributed by atoms with E-state index >= 15 is 0 Å². The van der Waals surface area contributed by atoms with Crippen molar-refractivity contribution in [3.63, 3.8) is 0 Å². The van der Waals surface area contributed by atoms with Gasteiger partial charge in [0, 0.05) is 5.75 Å². The summed E-state index contributed by atoms with van der Waals surface area (Å²) in [7, 11) is 1.35. The van der Waals surface area contributed by atoms with E-state index in [4.69, 9.17) is 10.5 Å². The van der Waals surface area contributed by atoms with Gasteiger partial charge in [-0.2, -0.15) is 0 Å². The highest BCUT2D eigenvalue weighted by atomic mass is 32.2. The number of carbonyl (C=O) groups is 2. The van der Waals surface area contributed by atoms with E-state index in [-0.39, 0.29) is 17.3 Å². The highest BCUT2D eigenvalue weighted by Gasteiger charge is 2.45. The van der Waals surface area contributed by atoms with E-state index < -0.39 is 12.1 Å². The summed E-state index contributed by atoms with van der Waals surface area (Å²) < 4.78 is 4.75. The van der Waals surface area contributed by atoms with Gasteiger partial charge in [-0.15, -0.1) is 11.8 Å². The van der Waals surface area contributed by atoms with Gasteiger partial charge in [-0.25, -0.2) is 4.79 Å². The van der Waals surface area contributed by atoms with Crippen LogP contribution in [0, 0.1) is 5.92 Å². The zero-order chi connectivity index (χ0) is 12.6. The van der Waals surface area contributed by atoms with Crippen LogP contribution in [-0.4, -0.2) is 47.1 Å². The van der Waals surface area contributed by atoms with E-state index in [9.17, 15) is 9.59 Å². The Balaban J connectivity index is 2.23. The Morgan fingerprint density at radius 1 is 1.53 bits per heavy atom. The summed E-state index contributed by atoms with van der Waals surface area (Å²) in [5, 5.41) is 0.0788. The number of amides is 1. The van der Waals surface area contributed by atoms with Crippen LogP contribution in [0.4, 0.5) is 0 Å². The average molecular weight is 258 g/mol. The van der Waals surface area contributed by atoms with Gasteiger partial charge >= 0.3 is 5.97 Å². The molecule has 4 atom stereocenters. The molecule has 0 bridgehead atoms. The van der Waals surface area contributed by atoms with Crippen LogP contribution >= 0.6 is 11.8 Å². The summed E-state index contributed by atoms with van der Waals surface area (Å²) in [6.07, 6.45) is 1.60. The molecular weight excluding hydrogens is 240 g/mol. The van der Waals surface area contributed by atoms with Crippen LogP contribution in [0.3, 0.4) is 0 Å². The van der Waals surface area contributed by atoms with Gasteiger partial charge in [-0.1, -0.05) is 6.92 Å². The molecule has 2 saturated heterocycles. The van der Waals surface area contributed by atoms with E-state index in [0.29, 0.717) is 18.1 Å². The Kier molecular flexibility index (Phi) is 3.63. The van der Waals surface area contributed by atoms with Crippen LogP contribution in [0.25, 0.3) is 0 Å². The van der Waals surface area contributed by atoms with Crippen molar-refractivity contribution in [2.24, 2.45) is 11.7 Å². The van der Waals surface area contributed by atoms with Gasteiger partial charge in [0.1, 0.15) is 6.04 Å². The van der Waals surface area contributed by atoms with Crippen LogP contribution in [0.5, 0.6) is 0 Å². The zero-order valence-corrected chi connectivity index (χ0v) is 10.9. The lowest BCUT2D eigenvalue weighted by atomic mass is 10.0. The smallest absolute Gasteiger partial charge is 0.329 e. The van der Waals surface area contributed by atoms with Crippen LogP contribution in [0.15, 0.2) is 0 Å². The number of nitrogens with two attached hydrogens (primary N) is 1. The Morgan fingerprint density at radius 2 is 2.24 bits per heavy atom. The Hall–Kier alpha value is -0.750. The van der Waals surface area contributed by atoms with Crippen LogP contribution in [0.1, 0.15) is 19.8 Å². The minimum atomic E-state index is -0.485. The zero-order valence-electron chi connectivity index (χ0n) is 10.1. The summed E-state index contributed by atoms with van der Waals surface area (Å²) in [6, 6.07) is -0.945. The topological polar surface area (TPSA) is 72.6 Å². The lowest BCUT2D eigenvalue weighted by Crippen LogP contribution is -2.50. The molecule has 0 saturated carbocycles. The highest BCUT2D eigenvalue weighted by Crippen LogP contribution is 2.37. The number of ether oxygens (including phenoxy) is 1. The van der Waals surface area contributed by atoms with Crippen molar-refractivity contribution >= 4 is 23.6 Å². The third-order valence-corrected chi connectivity index (χ3v) is 4.71.